The van der Waals surface area contributed by atoms with Crippen LogP contribution in [0.25, 0.3) is 0 Å². The molecule has 12 nitrogen and oxygen atoms in total. The number of Topliss-reactive ketones (excluding diaryl/α,β-unsaturated/α-hetero) is 1. The van der Waals surface area contributed by atoms with Gasteiger partial charge in [-0.15, -0.1) is 0 Å². The number of carbonyl (C=O) groups is 5. The zero-order valence-corrected chi connectivity index (χ0v) is 30.8. The van der Waals surface area contributed by atoms with Crippen LogP contribution in [0.4, 0.5) is 4.79 Å². The molecule has 0 spiro atoms. The van der Waals surface area contributed by atoms with E-state index in [1.807, 2.05) is 34.6 Å². The second-order valence-corrected chi connectivity index (χ2v) is 19.4. The number of piperidine rings is 1. The first-order valence-electron chi connectivity index (χ1n) is 17.9. The van der Waals surface area contributed by atoms with E-state index in [1.165, 1.54) is 4.90 Å². The fourth-order valence-corrected chi connectivity index (χ4v) is 10.4. The van der Waals surface area contributed by atoms with Crippen molar-refractivity contribution in [3.05, 3.63) is 0 Å². The standard InChI is InChI=1S/C35H59N5O7S/c1-21(2)14-17-48(46,47)20-35(15-9-8-10-16-35)39-32(45)38-28(33(3,4)5)31(44)40-19-23-25(34(23,6)7)26(40)30(43)37-24(27(41)29(36)42)18-22-12-11-13-22/h21-26,28H,8-20H2,1-7H3,(H2,36,42)(H,37,43)(H2,38,39,45)/t23?,24?,25-,26-,28+/m0/s1. The number of fused-ring (bicyclic) bond motifs is 1. The van der Waals surface area contributed by atoms with Crippen LogP contribution in [0.2, 0.25) is 0 Å². The molecule has 3 aliphatic carbocycles. The molecule has 1 heterocycles. The van der Waals surface area contributed by atoms with Crippen LogP contribution in [0, 0.1) is 34.5 Å². The number of ketones is 1. The average molecular weight is 694 g/mol. The van der Waals surface area contributed by atoms with Crippen molar-refractivity contribution < 1.29 is 32.4 Å². The number of rotatable bonds is 14. The molecular weight excluding hydrogens is 634 g/mol. The molecule has 4 rings (SSSR count). The second kappa shape index (κ2) is 14.3. The normalized spacial score (nSPS) is 26.1. The van der Waals surface area contributed by atoms with Gasteiger partial charge in [-0.1, -0.05) is 87.0 Å². The van der Waals surface area contributed by atoms with E-state index in [9.17, 15) is 32.4 Å². The van der Waals surface area contributed by atoms with Crippen molar-refractivity contribution >= 4 is 39.4 Å². The van der Waals surface area contributed by atoms with Crippen molar-refractivity contribution in [2.24, 2.45) is 40.2 Å². The smallest absolute Gasteiger partial charge is 0.315 e. The number of amides is 5. The van der Waals surface area contributed by atoms with E-state index >= 15 is 0 Å². The maximum atomic E-state index is 14.4. The molecule has 1 aliphatic heterocycles. The van der Waals surface area contributed by atoms with Gasteiger partial charge in [0.15, 0.2) is 9.84 Å². The van der Waals surface area contributed by atoms with E-state index in [2.05, 4.69) is 29.8 Å². The van der Waals surface area contributed by atoms with Gasteiger partial charge in [0.05, 0.1) is 23.1 Å². The Hall–Kier alpha value is -2.70. The van der Waals surface area contributed by atoms with Crippen molar-refractivity contribution in [2.45, 2.75) is 136 Å². The molecule has 0 aromatic heterocycles. The summed E-state index contributed by atoms with van der Waals surface area (Å²) in [7, 11) is -3.44. The predicted octanol–water partition coefficient (Wildman–Crippen LogP) is 3.08. The number of sulfone groups is 1. The molecular formula is C35H59N5O7S. The van der Waals surface area contributed by atoms with Crippen LogP contribution in [0.15, 0.2) is 0 Å². The van der Waals surface area contributed by atoms with Crippen molar-refractivity contribution in [1.29, 1.82) is 0 Å². The Balaban J connectivity index is 1.53. The van der Waals surface area contributed by atoms with Gasteiger partial charge in [-0.25, -0.2) is 13.2 Å². The minimum Gasteiger partial charge on any atom is -0.363 e. The Morgan fingerprint density at radius 1 is 0.958 bits per heavy atom. The van der Waals surface area contributed by atoms with Gasteiger partial charge >= 0.3 is 6.03 Å². The lowest BCUT2D eigenvalue weighted by molar-refractivity contribution is -0.145. The zero-order chi connectivity index (χ0) is 35.8. The van der Waals surface area contributed by atoms with Crippen LogP contribution in [0.5, 0.6) is 0 Å². The van der Waals surface area contributed by atoms with Crippen LogP contribution in [0.3, 0.4) is 0 Å². The summed E-state index contributed by atoms with van der Waals surface area (Å²) in [5.74, 6) is -2.57. The summed E-state index contributed by atoms with van der Waals surface area (Å²) >= 11 is 0. The maximum absolute atomic E-state index is 14.4. The third-order valence-corrected chi connectivity index (χ3v) is 13.4. The van der Waals surface area contributed by atoms with Crippen LogP contribution in [-0.4, -0.2) is 84.6 Å². The molecule has 4 aliphatic rings. The van der Waals surface area contributed by atoms with Gasteiger partial charge in [0.2, 0.25) is 17.6 Å². The minimum atomic E-state index is -3.44. The van der Waals surface area contributed by atoms with E-state index < -0.39 is 68.5 Å². The Morgan fingerprint density at radius 3 is 2.10 bits per heavy atom. The lowest BCUT2D eigenvalue weighted by Crippen LogP contribution is -2.64. The Bertz CT molecular complexity index is 1360. The van der Waals surface area contributed by atoms with Crippen LogP contribution >= 0.6 is 0 Å². The van der Waals surface area contributed by atoms with Gasteiger partial charge in [-0.3, -0.25) is 19.2 Å². The summed E-state index contributed by atoms with van der Waals surface area (Å²) in [6.45, 7) is 13.9. The first-order chi connectivity index (χ1) is 22.2. The van der Waals surface area contributed by atoms with Gasteiger partial charge in [-0.2, -0.15) is 0 Å². The molecule has 48 heavy (non-hydrogen) atoms. The zero-order valence-electron chi connectivity index (χ0n) is 30.0. The second-order valence-electron chi connectivity index (χ2n) is 17.2. The number of carbonyl (C=O) groups excluding carboxylic acids is 5. The Morgan fingerprint density at radius 2 is 1.58 bits per heavy atom. The molecule has 0 aromatic carbocycles. The van der Waals surface area contributed by atoms with E-state index in [4.69, 9.17) is 5.73 Å². The number of nitrogens with zero attached hydrogens (tertiary/aromatic N) is 1. The quantitative estimate of drug-likeness (QED) is 0.202. The number of hydrogen-bond acceptors (Lipinski definition) is 7. The van der Waals surface area contributed by atoms with Crippen molar-refractivity contribution in [2.75, 3.05) is 18.1 Å². The fraction of sp³-hybridized carbons (Fsp3) is 0.857. The topological polar surface area (TPSA) is 185 Å². The molecule has 0 radical (unpaired) electrons. The first-order valence-corrected chi connectivity index (χ1v) is 19.7. The van der Waals surface area contributed by atoms with E-state index in [1.54, 1.807) is 0 Å². The molecule has 1 saturated heterocycles. The van der Waals surface area contributed by atoms with Crippen molar-refractivity contribution in [3.63, 3.8) is 0 Å². The molecule has 0 bridgehead atoms. The molecule has 4 fully saturated rings. The van der Waals surface area contributed by atoms with Crippen molar-refractivity contribution in [1.82, 2.24) is 20.9 Å². The largest absolute Gasteiger partial charge is 0.363 e. The van der Waals surface area contributed by atoms with E-state index in [0.717, 1.165) is 38.5 Å². The summed E-state index contributed by atoms with van der Waals surface area (Å²) in [6, 6.07) is -3.57. The summed E-state index contributed by atoms with van der Waals surface area (Å²) in [4.78, 5) is 68.2. The van der Waals surface area contributed by atoms with Gasteiger partial charge in [0, 0.05) is 6.54 Å². The lowest BCUT2D eigenvalue weighted by Gasteiger charge is -2.40. The number of urea groups is 1. The summed E-state index contributed by atoms with van der Waals surface area (Å²) in [6.07, 6.45) is 7.36. The number of likely N-dealkylation sites (tertiary alicyclic amines) is 1. The van der Waals surface area contributed by atoms with Crippen LogP contribution < -0.4 is 21.7 Å². The van der Waals surface area contributed by atoms with Crippen molar-refractivity contribution in [3.8, 4) is 0 Å². The molecule has 272 valence electrons. The fourth-order valence-electron chi connectivity index (χ4n) is 8.20. The highest BCUT2D eigenvalue weighted by Gasteiger charge is 2.70. The summed E-state index contributed by atoms with van der Waals surface area (Å²) in [5, 5.41) is 8.69. The molecule has 5 atom stereocenters. The highest BCUT2D eigenvalue weighted by atomic mass is 32.2. The molecule has 5 amide bonds. The highest BCUT2D eigenvalue weighted by molar-refractivity contribution is 7.91. The molecule has 5 N–H and O–H groups in total. The first kappa shape index (κ1) is 38.1. The maximum Gasteiger partial charge on any atom is 0.315 e. The Kier molecular flexibility index (Phi) is 11.3. The number of nitrogens with one attached hydrogen (secondary N) is 3. The van der Waals surface area contributed by atoms with Gasteiger partial charge in [0.1, 0.15) is 12.1 Å². The number of hydrogen-bond donors (Lipinski definition) is 4. The van der Waals surface area contributed by atoms with E-state index in [-0.39, 0.29) is 40.6 Å². The predicted molar refractivity (Wildman–Crippen MR) is 183 cm³/mol. The molecule has 0 aromatic rings. The summed E-state index contributed by atoms with van der Waals surface area (Å²) in [5.41, 5.74) is 3.46. The van der Waals surface area contributed by atoms with Gasteiger partial charge in [0.25, 0.3) is 5.91 Å². The monoisotopic (exact) mass is 693 g/mol. The van der Waals surface area contributed by atoms with E-state index in [0.29, 0.717) is 32.2 Å². The molecule has 3 saturated carbocycles. The number of primary amides is 1. The lowest BCUT2D eigenvalue weighted by atomic mass is 9.80. The van der Waals surface area contributed by atoms with Gasteiger partial charge in [-0.05, 0) is 60.2 Å². The third-order valence-electron chi connectivity index (χ3n) is 11.5. The average Bonchev–Trinajstić information content (AvgIpc) is 3.26. The van der Waals surface area contributed by atoms with Gasteiger partial charge < -0.3 is 26.6 Å². The molecule has 13 heteroatoms. The Labute approximate surface area is 286 Å². The number of nitrogens with two attached hydrogens (primary N) is 1. The molecule has 2 unspecified atom stereocenters. The highest BCUT2D eigenvalue weighted by Crippen LogP contribution is 2.65. The SMILES string of the molecule is CC(C)CCS(=O)(=O)CC1(NC(=O)N[C@H](C(=O)N2CC3[C@@H]([C@H]2C(=O)NC(CC2CCC2)C(=O)C(N)=O)C3(C)C)C(C)(C)C)CCCCC1. The summed E-state index contributed by atoms with van der Waals surface area (Å²) < 4.78 is 26.3. The van der Waals surface area contributed by atoms with Crippen LogP contribution in [0.1, 0.15) is 113 Å². The van der Waals surface area contributed by atoms with Crippen LogP contribution in [-0.2, 0) is 29.0 Å². The minimum absolute atomic E-state index is 0.0580. The third kappa shape index (κ3) is 8.71.